The Morgan fingerprint density at radius 2 is 2.11 bits per heavy atom. The fraction of sp³-hybridized carbons (Fsp3) is 0.846. The van der Waals surface area contributed by atoms with Crippen LogP contribution in [0.3, 0.4) is 0 Å². The number of esters is 1. The van der Waals surface area contributed by atoms with Crippen LogP contribution in [0.2, 0.25) is 0 Å². The second-order valence-electron chi connectivity index (χ2n) is 5.47. The summed E-state index contributed by atoms with van der Waals surface area (Å²) < 4.78 is 4.79. The number of carbonyl (C=O) groups is 2. The van der Waals surface area contributed by atoms with Crippen LogP contribution in [-0.2, 0) is 14.3 Å². The zero-order valence-corrected chi connectivity index (χ0v) is 11.7. The van der Waals surface area contributed by atoms with E-state index in [1.165, 1.54) is 7.11 Å². The largest absolute Gasteiger partial charge is 0.469 e. The standard InChI is InChI=1S/C13H24N2O3/c1-5-9(2)10(14)11(16)15-7-6-13(3,8-15)12(17)18-4/h9-10H,5-8,14H2,1-4H3. The van der Waals surface area contributed by atoms with E-state index in [2.05, 4.69) is 0 Å². The maximum Gasteiger partial charge on any atom is 0.313 e. The fourth-order valence-electron chi connectivity index (χ4n) is 2.27. The summed E-state index contributed by atoms with van der Waals surface area (Å²) in [7, 11) is 1.38. The Labute approximate surface area is 109 Å². The lowest BCUT2D eigenvalue weighted by Crippen LogP contribution is -2.47. The van der Waals surface area contributed by atoms with Crippen molar-refractivity contribution in [3.63, 3.8) is 0 Å². The molecule has 0 aliphatic carbocycles. The van der Waals surface area contributed by atoms with Gasteiger partial charge in [-0.2, -0.15) is 0 Å². The lowest BCUT2D eigenvalue weighted by Gasteiger charge is -2.26. The van der Waals surface area contributed by atoms with Crippen LogP contribution in [0.25, 0.3) is 0 Å². The molecule has 1 heterocycles. The van der Waals surface area contributed by atoms with Crippen LogP contribution in [0.1, 0.15) is 33.6 Å². The van der Waals surface area contributed by atoms with Crippen molar-refractivity contribution in [2.75, 3.05) is 20.2 Å². The first-order valence-corrected chi connectivity index (χ1v) is 6.48. The van der Waals surface area contributed by atoms with Crippen molar-refractivity contribution >= 4 is 11.9 Å². The number of hydrogen-bond acceptors (Lipinski definition) is 4. The summed E-state index contributed by atoms with van der Waals surface area (Å²) in [5.41, 5.74) is 5.36. The van der Waals surface area contributed by atoms with Crippen LogP contribution in [0, 0.1) is 11.3 Å². The Bertz CT molecular complexity index is 332. The van der Waals surface area contributed by atoms with Gasteiger partial charge in [0.1, 0.15) is 0 Å². The smallest absolute Gasteiger partial charge is 0.313 e. The Morgan fingerprint density at radius 1 is 1.50 bits per heavy atom. The summed E-state index contributed by atoms with van der Waals surface area (Å²) in [5.74, 6) is -0.158. The van der Waals surface area contributed by atoms with E-state index in [9.17, 15) is 9.59 Å². The number of hydrogen-bond donors (Lipinski definition) is 1. The van der Waals surface area contributed by atoms with E-state index in [-0.39, 0.29) is 17.8 Å². The van der Waals surface area contributed by atoms with Gasteiger partial charge in [0.05, 0.1) is 18.6 Å². The van der Waals surface area contributed by atoms with E-state index in [1.54, 1.807) is 4.90 Å². The molecule has 1 fully saturated rings. The van der Waals surface area contributed by atoms with Gasteiger partial charge in [0.2, 0.25) is 5.91 Å². The van der Waals surface area contributed by atoms with Crippen molar-refractivity contribution in [3.05, 3.63) is 0 Å². The van der Waals surface area contributed by atoms with Crippen molar-refractivity contribution in [2.24, 2.45) is 17.1 Å². The lowest BCUT2D eigenvalue weighted by molar-refractivity contribution is -0.151. The monoisotopic (exact) mass is 256 g/mol. The minimum absolute atomic E-state index is 0.0584. The Morgan fingerprint density at radius 3 is 2.61 bits per heavy atom. The number of likely N-dealkylation sites (tertiary alicyclic amines) is 1. The maximum atomic E-state index is 12.2. The highest BCUT2D eigenvalue weighted by molar-refractivity contribution is 5.84. The molecule has 18 heavy (non-hydrogen) atoms. The number of carbonyl (C=O) groups excluding carboxylic acids is 2. The molecule has 1 aliphatic rings. The summed E-state index contributed by atoms with van der Waals surface area (Å²) in [5, 5.41) is 0. The lowest BCUT2D eigenvalue weighted by atomic mass is 9.90. The predicted octanol–water partition coefficient (Wildman–Crippen LogP) is 0.771. The molecule has 0 radical (unpaired) electrons. The van der Waals surface area contributed by atoms with Crippen LogP contribution in [0.5, 0.6) is 0 Å². The first-order chi connectivity index (χ1) is 8.35. The second-order valence-corrected chi connectivity index (χ2v) is 5.47. The Kier molecular flexibility index (Phi) is 4.73. The number of rotatable bonds is 4. The van der Waals surface area contributed by atoms with E-state index in [1.807, 2.05) is 20.8 Å². The zero-order valence-electron chi connectivity index (χ0n) is 11.7. The molecule has 1 aliphatic heterocycles. The van der Waals surface area contributed by atoms with Gasteiger partial charge in [-0.15, -0.1) is 0 Å². The Balaban J connectivity index is 2.67. The minimum Gasteiger partial charge on any atom is -0.469 e. The van der Waals surface area contributed by atoms with Gasteiger partial charge in [-0.25, -0.2) is 0 Å². The molecule has 1 rings (SSSR count). The third-order valence-electron chi connectivity index (χ3n) is 4.01. The van der Waals surface area contributed by atoms with Gasteiger partial charge in [0.25, 0.3) is 0 Å². The average molecular weight is 256 g/mol. The van der Waals surface area contributed by atoms with E-state index in [4.69, 9.17) is 10.5 Å². The van der Waals surface area contributed by atoms with Crippen molar-refractivity contribution in [1.82, 2.24) is 4.90 Å². The van der Waals surface area contributed by atoms with Gasteiger partial charge in [-0.3, -0.25) is 9.59 Å². The highest BCUT2D eigenvalue weighted by atomic mass is 16.5. The molecule has 0 bridgehead atoms. The highest BCUT2D eigenvalue weighted by Crippen LogP contribution is 2.31. The summed E-state index contributed by atoms with van der Waals surface area (Å²) >= 11 is 0. The normalized spacial score (nSPS) is 26.8. The minimum atomic E-state index is -0.584. The number of methoxy groups -OCH3 is 1. The second kappa shape index (κ2) is 5.69. The van der Waals surface area contributed by atoms with Crippen LogP contribution >= 0.6 is 0 Å². The van der Waals surface area contributed by atoms with Gasteiger partial charge in [0, 0.05) is 13.1 Å². The van der Waals surface area contributed by atoms with Crippen LogP contribution in [0.4, 0.5) is 0 Å². The SMILES string of the molecule is CCC(C)C(N)C(=O)N1CCC(C)(C(=O)OC)C1. The molecule has 0 aromatic carbocycles. The molecule has 3 atom stereocenters. The molecule has 5 heteroatoms. The molecule has 0 aromatic rings. The number of amides is 1. The van der Waals surface area contributed by atoms with Crippen molar-refractivity contribution < 1.29 is 14.3 Å². The Hall–Kier alpha value is -1.10. The predicted molar refractivity (Wildman–Crippen MR) is 68.8 cm³/mol. The van der Waals surface area contributed by atoms with Crippen molar-refractivity contribution in [1.29, 1.82) is 0 Å². The van der Waals surface area contributed by atoms with Gasteiger partial charge in [-0.1, -0.05) is 20.3 Å². The maximum absolute atomic E-state index is 12.2. The van der Waals surface area contributed by atoms with Crippen molar-refractivity contribution in [3.8, 4) is 0 Å². The molecule has 3 unspecified atom stereocenters. The van der Waals surface area contributed by atoms with Gasteiger partial charge in [0.15, 0.2) is 0 Å². The molecule has 2 N–H and O–H groups in total. The molecular weight excluding hydrogens is 232 g/mol. The van der Waals surface area contributed by atoms with E-state index >= 15 is 0 Å². The molecule has 1 amide bonds. The van der Waals surface area contributed by atoms with E-state index in [0.717, 1.165) is 6.42 Å². The molecule has 0 aromatic heterocycles. The average Bonchev–Trinajstić information content (AvgIpc) is 2.78. The molecular formula is C13H24N2O3. The third kappa shape index (κ3) is 2.83. The number of nitrogens with zero attached hydrogens (tertiary/aromatic N) is 1. The summed E-state index contributed by atoms with van der Waals surface area (Å²) in [4.78, 5) is 25.6. The molecule has 1 saturated heterocycles. The summed E-state index contributed by atoms with van der Waals surface area (Å²) in [6.45, 7) is 6.80. The molecule has 0 spiro atoms. The highest BCUT2D eigenvalue weighted by Gasteiger charge is 2.44. The fourth-order valence-corrected chi connectivity index (χ4v) is 2.27. The quantitative estimate of drug-likeness (QED) is 0.754. The van der Waals surface area contributed by atoms with Gasteiger partial charge in [-0.05, 0) is 19.3 Å². The van der Waals surface area contributed by atoms with Crippen LogP contribution < -0.4 is 5.73 Å². The molecule has 5 nitrogen and oxygen atoms in total. The zero-order chi connectivity index (χ0) is 13.9. The topological polar surface area (TPSA) is 72.6 Å². The van der Waals surface area contributed by atoms with Gasteiger partial charge >= 0.3 is 5.97 Å². The molecule has 0 saturated carbocycles. The van der Waals surface area contributed by atoms with Crippen LogP contribution in [-0.4, -0.2) is 43.0 Å². The van der Waals surface area contributed by atoms with Crippen molar-refractivity contribution in [2.45, 2.75) is 39.7 Å². The first-order valence-electron chi connectivity index (χ1n) is 6.48. The van der Waals surface area contributed by atoms with Gasteiger partial charge < -0.3 is 15.4 Å². The first kappa shape index (κ1) is 15.0. The third-order valence-corrected chi connectivity index (χ3v) is 4.01. The summed E-state index contributed by atoms with van der Waals surface area (Å²) in [6.07, 6.45) is 1.51. The number of ether oxygens (including phenoxy) is 1. The number of nitrogens with two attached hydrogens (primary N) is 1. The molecule has 104 valence electrons. The summed E-state index contributed by atoms with van der Waals surface area (Å²) in [6, 6.07) is -0.477. The van der Waals surface area contributed by atoms with E-state index in [0.29, 0.717) is 19.5 Å². The van der Waals surface area contributed by atoms with E-state index < -0.39 is 11.5 Å². The van der Waals surface area contributed by atoms with Crippen LogP contribution in [0.15, 0.2) is 0 Å².